The van der Waals surface area contributed by atoms with Gasteiger partial charge in [-0.15, -0.1) is 0 Å². The lowest BCUT2D eigenvalue weighted by Crippen LogP contribution is -2.17. The molecule has 0 amide bonds. The molecule has 6 rings (SSSR count). The number of carbonyl (C=O) groups excluding carboxylic acids is 5. The van der Waals surface area contributed by atoms with E-state index in [1.54, 1.807) is 26.0 Å². The lowest BCUT2D eigenvalue weighted by atomic mass is 10.1. The molecule has 0 aliphatic carbocycles. The first-order valence-corrected chi connectivity index (χ1v) is 22.1. The lowest BCUT2D eigenvalue weighted by molar-refractivity contribution is -0.135. The molecule has 0 radical (unpaired) electrons. The number of hydrogen-bond acceptors (Lipinski definition) is 17. The highest BCUT2D eigenvalue weighted by molar-refractivity contribution is 6.63. The van der Waals surface area contributed by atoms with Crippen molar-refractivity contribution in [2.24, 2.45) is 0 Å². The fraction of sp³-hybridized carbons (Fsp3) is 0.300. The van der Waals surface area contributed by atoms with Crippen LogP contribution in [0.2, 0.25) is 0 Å². The van der Waals surface area contributed by atoms with Crippen LogP contribution in [0.15, 0.2) is 91.2 Å². The van der Waals surface area contributed by atoms with E-state index in [1.807, 2.05) is 20.8 Å². The Hall–Kier alpha value is -7.66. The van der Waals surface area contributed by atoms with Crippen molar-refractivity contribution in [1.29, 1.82) is 0 Å². The summed E-state index contributed by atoms with van der Waals surface area (Å²) in [4.78, 5) is 84.8. The average molecular weight is 959 g/mol. The summed E-state index contributed by atoms with van der Waals surface area (Å²) in [7, 11) is 0. The van der Waals surface area contributed by atoms with Crippen LogP contribution in [0.3, 0.4) is 0 Å². The number of ether oxygens (including phenoxy) is 4. The summed E-state index contributed by atoms with van der Waals surface area (Å²) in [6.45, 7) is 9.18. The molecule has 0 spiro atoms. The van der Waals surface area contributed by atoms with E-state index in [0.29, 0.717) is 43.2 Å². The molecule has 2 aromatic heterocycles. The molecular weight excluding hydrogens is 908 g/mol. The van der Waals surface area contributed by atoms with E-state index >= 15 is 0 Å². The van der Waals surface area contributed by atoms with Gasteiger partial charge in [0.15, 0.2) is 11.5 Å². The van der Waals surface area contributed by atoms with Crippen molar-refractivity contribution in [1.82, 2.24) is 0 Å². The Bertz CT molecular complexity index is 2880. The van der Waals surface area contributed by atoms with Crippen LogP contribution in [0.5, 0.6) is 46.0 Å². The number of benzene rings is 4. The molecule has 4 N–H and O–H groups in total. The predicted molar refractivity (Wildman–Crippen MR) is 250 cm³/mol. The number of rotatable bonds is 16. The molecule has 0 aliphatic rings. The second kappa shape index (κ2) is 25.3. The molecule has 0 fully saturated rings. The molecule has 0 atom stereocenters. The molecule has 0 aliphatic heterocycles. The summed E-state index contributed by atoms with van der Waals surface area (Å²) >= 11 is 4.94. The molecule has 4 aromatic carbocycles. The molecule has 0 saturated heterocycles. The van der Waals surface area contributed by atoms with E-state index in [9.17, 15) is 54.0 Å². The zero-order chi connectivity index (χ0) is 50.1. The standard InChI is InChI=1S/C31H34O10.C15H10O6.C4H7ClO/c1-5-9-24(32)37-20-15-13-19(14-16-20)30-31(41-27(35)12-8-4)29(36)28-22(39-26(34)11-7-3)17-21(18-23(28)40-30)38-25(33)10-6-2;16-8-3-1-7(2-4-8)15-14(20)13(19)12-10(18)5-9(17)6-11(12)21-15;1-2-3-4(5)6/h13-18H,5-12H2,1-4H3;1-6,16-18,20H;2-3H2,1H3. The Labute approximate surface area is 394 Å². The fourth-order valence-corrected chi connectivity index (χ4v) is 6.33. The Balaban J connectivity index is 0.000000307. The van der Waals surface area contributed by atoms with Crippen molar-refractivity contribution < 1.29 is 72.2 Å². The van der Waals surface area contributed by atoms with Gasteiger partial charge >= 0.3 is 23.9 Å². The van der Waals surface area contributed by atoms with Gasteiger partial charge in [0.25, 0.3) is 0 Å². The van der Waals surface area contributed by atoms with E-state index in [0.717, 1.165) is 12.5 Å². The van der Waals surface area contributed by atoms with Crippen LogP contribution >= 0.6 is 11.6 Å². The number of esters is 4. The summed E-state index contributed by atoms with van der Waals surface area (Å²) in [5.41, 5.74) is -0.964. The highest BCUT2D eigenvalue weighted by Crippen LogP contribution is 2.38. The maximum atomic E-state index is 13.8. The van der Waals surface area contributed by atoms with Crippen molar-refractivity contribution in [2.75, 3.05) is 0 Å². The van der Waals surface area contributed by atoms with Gasteiger partial charge in [-0.3, -0.25) is 33.6 Å². The van der Waals surface area contributed by atoms with Crippen LogP contribution in [-0.2, 0) is 24.0 Å². The second-order valence-electron chi connectivity index (χ2n) is 14.9. The third kappa shape index (κ3) is 14.4. The normalized spacial score (nSPS) is 10.6. The first-order chi connectivity index (χ1) is 32.4. The van der Waals surface area contributed by atoms with Crippen molar-refractivity contribution in [3.8, 4) is 68.6 Å². The van der Waals surface area contributed by atoms with Gasteiger partial charge in [-0.05, 0) is 92.2 Å². The topological polar surface area (TPSA) is 264 Å². The Morgan fingerprint density at radius 3 is 1.50 bits per heavy atom. The van der Waals surface area contributed by atoms with Crippen LogP contribution in [0.1, 0.15) is 98.8 Å². The molecule has 2 heterocycles. The van der Waals surface area contributed by atoms with Crippen molar-refractivity contribution in [3.63, 3.8) is 0 Å². The van der Waals surface area contributed by atoms with Crippen LogP contribution in [0.4, 0.5) is 0 Å². The lowest BCUT2D eigenvalue weighted by Gasteiger charge is -2.14. The summed E-state index contributed by atoms with van der Waals surface area (Å²) in [5.74, 6) is -4.02. The highest BCUT2D eigenvalue weighted by Gasteiger charge is 2.25. The zero-order valence-electron chi connectivity index (χ0n) is 38.0. The van der Waals surface area contributed by atoms with Crippen molar-refractivity contribution in [3.05, 3.63) is 93.2 Å². The number of fused-ring (bicyclic) bond motifs is 2. The van der Waals surface area contributed by atoms with E-state index in [1.165, 1.54) is 54.6 Å². The Morgan fingerprint density at radius 2 is 0.971 bits per heavy atom. The van der Waals surface area contributed by atoms with Crippen LogP contribution in [0, 0.1) is 0 Å². The van der Waals surface area contributed by atoms with Gasteiger partial charge in [0, 0.05) is 67.5 Å². The van der Waals surface area contributed by atoms with Crippen molar-refractivity contribution >= 4 is 62.7 Å². The number of phenolic OH excluding ortho intramolecular Hbond substituents is 3. The maximum absolute atomic E-state index is 13.8. The van der Waals surface area contributed by atoms with Gasteiger partial charge in [-0.2, -0.15) is 0 Å². The number of halogens is 1. The predicted octanol–water partition coefficient (Wildman–Crippen LogP) is 10.1. The molecule has 68 heavy (non-hydrogen) atoms. The number of carbonyl (C=O) groups is 5. The minimum Gasteiger partial charge on any atom is -0.508 e. The summed E-state index contributed by atoms with van der Waals surface area (Å²) in [6.07, 6.45) is 4.07. The van der Waals surface area contributed by atoms with Gasteiger partial charge in [0.2, 0.25) is 27.6 Å². The maximum Gasteiger partial charge on any atom is 0.311 e. The van der Waals surface area contributed by atoms with E-state index in [2.05, 4.69) is 0 Å². The van der Waals surface area contributed by atoms with Crippen LogP contribution in [-0.4, -0.2) is 49.5 Å². The minimum absolute atomic E-state index is 0.0123. The zero-order valence-corrected chi connectivity index (χ0v) is 38.7. The summed E-state index contributed by atoms with van der Waals surface area (Å²) < 4.78 is 33.2. The summed E-state index contributed by atoms with van der Waals surface area (Å²) in [6, 6.07) is 16.5. The van der Waals surface area contributed by atoms with E-state index < -0.39 is 46.0 Å². The molecule has 18 heteroatoms. The van der Waals surface area contributed by atoms with Gasteiger partial charge in [0.05, 0.1) is 0 Å². The first-order valence-electron chi connectivity index (χ1n) is 21.7. The number of aromatic hydroxyl groups is 4. The number of hydrogen-bond donors (Lipinski definition) is 4. The third-order valence-electron chi connectivity index (χ3n) is 9.24. The van der Waals surface area contributed by atoms with Gasteiger partial charge in [-0.25, -0.2) is 0 Å². The smallest absolute Gasteiger partial charge is 0.311 e. The van der Waals surface area contributed by atoms with Gasteiger partial charge in [-0.1, -0.05) is 34.6 Å². The van der Waals surface area contributed by atoms with Gasteiger partial charge in [0.1, 0.15) is 56.4 Å². The molecular formula is C50H51ClO17. The first kappa shape index (κ1) is 53.0. The van der Waals surface area contributed by atoms with E-state index in [-0.39, 0.29) is 99.1 Å². The van der Waals surface area contributed by atoms with Crippen LogP contribution in [0.25, 0.3) is 44.6 Å². The van der Waals surface area contributed by atoms with Crippen molar-refractivity contribution in [2.45, 2.75) is 98.8 Å². The minimum atomic E-state index is -0.808. The fourth-order valence-electron chi connectivity index (χ4n) is 6.14. The molecule has 6 aromatic rings. The van der Waals surface area contributed by atoms with E-state index in [4.69, 9.17) is 39.4 Å². The second-order valence-corrected chi connectivity index (χ2v) is 15.3. The SMILES string of the molecule is CCCC(=O)Cl.CCCC(=O)Oc1ccc(-c2oc3cc(OC(=O)CCC)cc(OC(=O)CCC)c3c(=O)c2OC(=O)CCC)cc1.O=c1c(O)c(-c2ccc(O)cc2)oc2cc(O)cc(O)c12. The quantitative estimate of drug-likeness (QED) is 0.0399. The average Bonchev–Trinajstić information content (AvgIpc) is 3.27. The largest absolute Gasteiger partial charge is 0.508 e. The summed E-state index contributed by atoms with van der Waals surface area (Å²) in [5, 5.41) is 37.8. The highest BCUT2D eigenvalue weighted by atomic mass is 35.5. The molecule has 360 valence electrons. The third-order valence-corrected chi connectivity index (χ3v) is 9.43. The Kier molecular flexibility index (Phi) is 19.7. The Morgan fingerprint density at radius 1 is 0.500 bits per heavy atom. The molecule has 0 saturated carbocycles. The molecule has 17 nitrogen and oxygen atoms in total. The van der Waals surface area contributed by atoms with Crippen LogP contribution < -0.4 is 29.8 Å². The molecule has 0 bridgehead atoms. The molecule has 0 unspecified atom stereocenters. The van der Waals surface area contributed by atoms with Gasteiger partial charge < -0.3 is 48.2 Å². The monoisotopic (exact) mass is 958 g/mol. The number of phenols is 3.